The SMILES string of the molecule is CCC(CC)N1CCOC[C@](O)(COc2ccc(F)cc2)C1. The molecule has 4 nitrogen and oxygen atoms in total. The Balaban J connectivity index is 1.98. The summed E-state index contributed by atoms with van der Waals surface area (Å²) in [7, 11) is 0. The fourth-order valence-electron chi connectivity index (χ4n) is 2.90. The average molecular weight is 311 g/mol. The topological polar surface area (TPSA) is 41.9 Å². The summed E-state index contributed by atoms with van der Waals surface area (Å²) in [6.45, 7) is 6.68. The van der Waals surface area contributed by atoms with Crippen LogP contribution >= 0.6 is 0 Å². The van der Waals surface area contributed by atoms with E-state index in [9.17, 15) is 9.50 Å². The molecule has 1 heterocycles. The molecule has 1 saturated heterocycles. The van der Waals surface area contributed by atoms with Gasteiger partial charge in [0.05, 0.1) is 13.2 Å². The normalized spacial score (nSPS) is 23.5. The van der Waals surface area contributed by atoms with E-state index in [4.69, 9.17) is 9.47 Å². The number of halogens is 1. The van der Waals surface area contributed by atoms with Gasteiger partial charge in [-0.05, 0) is 37.1 Å². The molecule has 0 saturated carbocycles. The smallest absolute Gasteiger partial charge is 0.134 e. The second kappa shape index (κ2) is 7.90. The number of rotatable bonds is 6. The van der Waals surface area contributed by atoms with Crippen LogP contribution in [0.25, 0.3) is 0 Å². The largest absolute Gasteiger partial charge is 0.490 e. The zero-order valence-electron chi connectivity index (χ0n) is 13.4. The van der Waals surface area contributed by atoms with Crippen molar-refractivity contribution in [3.63, 3.8) is 0 Å². The van der Waals surface area contributed by atoms with Crippen molar-refractivity contribution in [2.24, 2.45) is 0 Å². The Kier molecular flexibility index (Phi) is 6.17. The first kappa shape index (κ1) is 17.2. The molecule has 1 aromatic rings. The van der Waals surface area contributed by atoms with Crippen LogP contribution in [0.4, 0.5) is 4.39 Å². The third-order valence-electron chi connectivity index (χ3n) is 4.17. The highest BCUT2D eigenvalue weighted by Crippen LogP contribution is 2.20. The Labute approximate surface area is 131 Å². The standard InChI is InChI=1S/C17H26FNO3/c1-3-15(4-2)19-9-10-21-12-17(20,11-19)13-22-16-7-5-14(18)6-8-16/h5-8,15,20H,3-4,9-13H2,1-2H3/t17-/m0/s1. The molecule has 22 heavy (non-hydrogen) atoms. The Bertz CT molecular complexity index is 450. The lowest BCUT2D eigenvalue weighted by Crippen LogP contribution is -2.51. The number of benzene rings is 1. The van der Waals surface area contributed by atoms with Crippen LogP contribution in [-0.2, 0) is 4.74 Å². The molecule has 1 atom stereocenters. The molecule has 124 valence electrons. The highest BCUT2D eigenvalue weighted by molar-refractivity contribution is 5.22. The van der Waals surface area contributed by atoms with Crippen molar-refractivity contribution in [2.45, 2.75) is 38.3 Å². The van der Waals surface area contributed by atoms with Crippen molar-refractivity contribution in [1.29, 1.82) is 0 Å². The lowest BCUT2D eigenvalue weighted by Gasteiger charge is -2.34. The minimum atomic E-state index is -1.05. The fourth-order valence-corrected chi connectivity index (χ4v) is 2.90. The Morgan fingerprint density at radius 1 is 1.32 bits per heavy atom. The Hall–Kier alpha value is -1.17. The lowest BCUT2D eigenvalue weighted by molar-refractivity contribution is -0.0673. The van der Waals surface area contributed by atoms with Crippen LogP contribution in [0.15, 0.2) is 24.3 Å². The maximum absolute atomic E-state index is 12.9. The van der Waals surface area contributed by atoms with Gasteiger partial charge in [-0.2, -0.15) is 0 Å². The molecule has 0 bridgehead atoms. The summed E-state index contributed by atoms with van der Waals surface area (Å²) in [6, 6.07) is 6.27. The summed E-state index contributed by atoms with van der Waals surface area (Å²) in [5, 5.41) is 10.8. The molecular weight excluding hydrogens is 285 g/mol. The fraction of sp³-hybridized carbons (Fsp3) is 0.647. The van der Waals surface area contributed by atoms with Gasteiger partial charge in [-0.15, -0.1) is 0 Å². The number of ether oxygens (including phenoxy) is 2. The van der Waals surface area contributed by atoms with Crippen molar-refractivity contribution >= 4 is 0 Å². The van der Waals surface area contributed by atoms with E-state index < -0.39 is 5.60 Å². The number of hydrogen-bond donors (Lipinski definition) is 1. The molecule has 0 radical (unpaired) electrons. The molecule has 1 aliphatic heterocycles. The van der Waals surface area contributed by atoms with Crippen molar-refractivity contribution in [3.8, 4) is 5.75 Å². The zero-order valence-corrected chi connectivity index (χ0v) is 13.4. The van der Waals surface area contributed by atoms with Gasteiger partial charge in [0.15, 0.2) is 0 Å². The number of hydrogen-bond acceptors (Lipinski definition) is 4. The molecule has 0 spiro atoms. The first-order valence-corrected chi connectivity index (χ1v) is 7.99. The molecule has 1 aromatic carbocycles. The first-order valence-electron chi connectivity index (χ1n) is 7.99. The van der Waals surface area contributed by atoms with Crippen LogP contribution in [0.2, 0.25) is 0 Å². The quantitative estimate of drug-likeness (QED) is 0.876. The van der Waals surface area contributed by atoms with Crippen molar-refractivity contribution < 1.29 is 19.0 Å². The summed E-state index contributed by atoms with van der Waals surface area (Å²) in [4.78, 5) is 2.28. The van der Waals surface area contributed by atoms with Crippen molar-refractivity contribution in [1.82, 2.24) is 4.90 Å². The minimum Gasteiger partial charge on any atom is -0.490 e. The summed E-state index contributed by atoms with van der Waals surface area (Å²) >= 11 is 0. The Morgan fingerprint density at radius 3 is 2.64 bits per heavy atom. The van der Waals surface area contributed by atoms with Gasteiger partial charge < -0.3 is 14.6 Å². The van der Waals surface area contributed by atoms with E-state index in [0.717, 1.165) is 19.4 Å². The molecule has 1 fully saturated rings. The summed E-state index contributed by atoms with van der Waals surface area (Å²) in [6.07, 6.45) is 2.09. The van der Waals surface area contributed by atoms with E-state index in [1.165, 1.54) is 12.1 Å². The van der Waals surface area contributed by atoms with E-state index in [0.29, 0.717) is 24.9 Å². The van der Waals surface area contributed by atoms with Crippen LogP contribution in [0, 0.1) is 5.82 Å². The van der Waals surface area contributed by atoms with E-state index in [-0.39, 0.29) is 19.0 Å². The number of aliphatic hydroxyl groups is 1. The third-order valence-corrected chi connectivity index (χ3v) is 4.17. The molecule has 5 heteroatoms. The van der Waals surface area contributed by atoms with Crippen molar-refractivity contribution in [3.05, 3.63) is 30.1 Å². The van der Waals surface area contributed by atoms with Crippen LogP contribution in [0.1, 0.15) is 26.7 Å². The molecule has 2 rings (SSSR count). The molecule has 1 N–H and O–H groups in total. The first-order chi connectivity index (χ1) is 10.6. The van der Waals surface area contributed by atoms with Crippen LogP contribution in [-0.4, -0.2) is 54.6 Å². The van der Waals surface area contributed by atoms with Gasteiger partial charge in [0, 0.05) is 19.1 Å². The minimum absolute atomic E-state index is 0.134. The van der Waals surface area contributed by atoms with Gasteiger partial charge in [0.25, 0.3) is 0 Å². The predicted octanol–water partition coefficient (Wildman–Crippen LogP) is 2.46. The monoisotopic (exact) mass is 311 g/mol. The van der Waals surface area contributed by atoms with Crippen LogP contribution in [0.5, 0.6) is 5.75 Å². The van der Waals surface area contributed by atoms with Gasteiger partial charge >= 0.3 is 0 Å². The highest BCUT2D eigenvalue weighted by atomic mass is 19.1. The summed E-state index contributed by atoms with van der Waals surface area (Å²) < 4.78 is 24.1. The molecule has 1 aliphatic rings. The van der Waals surface area contributed by atoms with Gasteiger partial charge in [-0.1, -0.05) is 13.8 Å². The third kappa shape index (κ3) is 4.66. The van der Waals surface area contributed by atoms with Gasteiger partial charge in [0.1, 0.15) is 23.8 Å². The molecular formula is C17H26FNO3. The summed E-state index contributed by atoms with van der Waals surface area (Å²) in [5.74, 6) is 0.247. The highest BCUT2D eigenvalue weighted by Gasteiger charge is 2.35. The zero-order chi connectivity index (χ0) is 16.0. The second-order valence-electron chi connectivity index (χ2n) is 5.96. The van der Waals surface area contributed by atoms with Gasteiger partial charge in [-0.3, -0.25) is 4.90 Å². The predicted molar refractivity (Wildman–Crippen MR) is 83.6 cm³/mol. The van der Waals surface area contributed by atoms with Gasteiger partial charge in [0.2, 0.25) is 0 Å². The second-order valence-corrected chi connectivity index (χ2v) is 5.96. The molecule has 0 unspecified atom stereocenters. The number of nitrogens with zero attached hydrogens (tertiary/aromatic N) is 1. The Morgan fingerprint density at radius 2 is 2.00 bits per heavy atom. The van der Waals surface area contributed by atoms with E-state index in [1.54, 1.807) is 12.1 Å². The lowest BCUT2D eigenvalue weighted by atomic mass is 10.0. The summed E-state index contributed by atoms with van der Waals surface area (Å²) in [5.41, 5.74) is -1.05. The van der Waals surface area contributed by atoms with Crippen molar-refractivity contribution in [2.75, 3.05) is 32.9 Å². The molecule has 0 aliphatic carbocycles. The maximum Gasteiger partial charge on any atom is 0.134 e. The number of β-amino-alcohol motifs (C(OH)–C–C–N with tert-alkyl or cyclic N) is 1. The van der Waals surface area contributed by atoms with Gasteiger partial charge in [-0.25, -0.2) is 4.39 Å². The molecule has 0 aromatic heterocycles. The van der Waals surface area contributed by atoms with Crippen LogP contribution < -0.4 is 4.74 Å². The van der Waals surface area contributed by atoms with E-state index >= 15 is 0 Å². The average Bonchev–Trinajstić information content (AvgIpc) is 2.71. The van der Waals surface area contributed by atoms with Crippen LogP contribution in [0.3, 0.4) is 0 Å². The maximum atomic E-state index is 12.9. The van der Waals surface area contributed by atoms with E-state index in [1.807, 2.05) is 0 Å². The van der Waals surface area contributed by atoms with E-state index in [2.05, 4.69) is 18.7 Å². The molecule has 0 amide bonds.